The second-order valence-electron chi connectivity index (χ2n) is 10.5. The predicted molar refractivity (Wildman–Crippen MR) is 126 cm³/mol. The molecule has 0 atom stereocenters. The Morgan fingerprint density at radius 2 is 1.76 bits per heavy atom. The molecule has 0 bridgehead atoms. The standard InChI is InChI=1S/C23H37Cl2NO2Si/c1-22(2,3)29(5,6)28-14-13-26-11-9-23(10-12-26)15-17(16-23)20-19(27-4)8-7-18(24)21(20)25/h7-8,17H,9-16H2,1-6H3. The number of hydrogen-bond donors (Lipinski definition) is 0. The van der Waals surface area contributed by atoms with Gasteiger partial charge < -0.3 is 14.1 Å². The summed E-state index contributed by atoms with van der Waals surface area (Å²) >= 11 is 12.8. The van der Waals surface area contributed by atoms with Crippen LogP contribution in [0.1, 0.15) is 57.9 Å². The van der Waals surface area contributed by atoms with Gasteiger partial charge in [0.05, 0.1) is 17.2 Å². The maximum Gasteiger partial charge on any atom is 0.192 e. The Hall–Kier alpha value is -0.263. The molecule has 29 heavy (non-hydrogen) atoms. The highest BCUT2D eigenvalue weighted by Gasteiger charge is 2.47. The molecule has 1 saturated heterocycles. The first-order valence-electron chi connectivity index (χ1n) is 10.9. The van der Waals surface area contributed by atoms with E-state index in [1.165, 1.54) is 38.8 Å². The van der Waals surface area contributed by atoms with E-state index in [-0.39, 0.29) is 5.04 Å². The van der Waals surface area contributed by atoms with Gasteiger partial charge in [-0.3, -0.25) is 0 Å². The van der Waals surface area contributed by atoms with Crippen LogP contribution in [-0.2, 0) is 4.43 Å². The predicted octanol–water partition coefficient (Wildman–Crippen LogP) is 6.98. The van der Waals surface area contributed by atoms with Gasteiger partial charge in [-0.05, 0) is 80.4 Å². The molecule has 1 saturated carbocycles. The van der Waals surface area contributed by atoms with Crippen molar-refractivity contribution in [3.05, 3.63) is 27.7 Å². The van der Waals surface area contributed by atoms with Gasteiger partial charge in [0.2, 0.25) is 0 Å². The largest absolute Gasteiger partial charge is 0.496 e. The van der Waals surface area contributed by atoms with E-state index in [0.29, 0.717) is 21.4 Å². The molecule has 6 heteroatoms. The summed E-state index contributed by atoms with van der Waals surface area (Å²) in [6, 6.07) is 3.77. The van der Waals surface area contributed by atoms with Gasteiger partial charge in [0.1, 0.15) is 5.75 Å². The quantitative estimate of drug-likeness (QED) is 0.429. The van der Waals surface area contributed by atoms with Crippen molar-refractivity contribution in [2.24, 2.45) is 5.41 Å². The van der Waals surface area contributed by atoms with E-state index in [4.69, 9.17) is 32.4 Å². The van der Waals surface area contributed by atoms with Crippen molar-refractivity contribution in [1.82, 2.24) is 4.90 Å². The van der Waals surface area contributed by atoms with Crippen molar-refractivity contribution in [3.8, 4) is 5.75 Å². The Kier molecular flexibility index (Phi) is 7.02. The van der Waals surface area contributed by atoms with Gasteiger partial charge in [0, 0.05) is 18.7 Å². The average molecular weight is 459 g/mol. The van der Waals surface area contributed by atoms with Crippen LogP contribution < -0.4 is 4.74 Å². The van der Waals surface area contributed by atoms with Crippen LogP contribution in [0.3, 0.4) is 0 Å². The summed E-state index contributed by atoms with van der Waals surface area (Å²) < 4.78 is 11.9. The van der Waals surface area contributed by atoms with Crippen molar-refractivity contribution in [2.45, 2.75) is 70.5 Å². The Morgan fingerprint density at radius 1 is 1.14 bits per heavy atom. The van der Waals surface area contributed by atoms with Gasteiger partial charge in [0.25, 0.3) is 0 Å². The molecule has 1 aromatic rings. The lowest BCUT2D eigenvalue weighted by atomic mass is 9.56. The summed E-state index contributed by atoms with van der Waals surface area (Å²) in [5.74, 6) is 1.34. The maximum atomic E-state index is 6.53. The number of piperidine rings is 1. The molecule has 164 valence electrons. The number of benzene rings is 1. The summed E-state index contributed by atoms with van der Waals surface area (Å²) in [6.07, 6.45) is 4.92. The topological polar surface area (TPSA) is 21.7 Å². The van der Waals surface area contributed by atoms with Crippen LogP contribution in [0.2, 0.25) is 28.2 Å². The van der Waals surface area contributed by atoms with Crippen LogP contribution in [-0.4, -0.2) is 46.6 Å². The minimum atomic E-state index is -1.64. The fourth-order valence-corrected chi connectivity index (χ4v) is 6.11. The molecule has 1 spiro atoms. The highest BCUT2D eigenvalue weighted by atomic mass is 35.5. The monoisotopic (exact) mass is 457 g/mol. The number of methoxy groups -OCH3 is 1. The van der Waals surface area contributed by atoms with Crippen LogP contribution in [0.15, 0.2) is 12.1 Å². The van der Waals surface area contributed by atoms with Gasteiger partial charge in [-0.1, -0.05) is 44.0 Å². The Morgan fingerprint density at radius 3 is 2.31 bits per heavy atom. The lowest BCUT2D eigenvalue weighted by Crippen LogP contribution is -2.48. The van der Waals surface area contributed by atoms with E-state index in [0.717, 1.165) is 24.5 Å². The normalized spacial score (nSPS) is 20.7. The number of hydrogen-bond acceptors (Lipinski definition) is 3. The molecule has 2 aliphatic rings. The number of nitrogens with zero attached hydrogens (tertiary/aromatic N) is 1. The Balaban J connectivity index is 1.49. The second-order valence-corrected chi connectivity index (χ2v) is 16.1. The maximum absolute atomic E-state index is 6.53. The third-order valence-corrected chi connectivity index (χ3v) is 13.0. The van der Waals surface area contributed by atoms with Crippen LogP contribution in [0.25, 0.3) is 0 Å². The number of likely N-dealkylation sites (tertiary alicyclic amines) is 1. The van der Waals surface area contributed by atoms with E-state index in [1.54, 1.807) is 7.11 Å². The summed E-state index contributed by atoms with van der Waals surface area (Å²) in [7, 11) is 0.0691. The number of halogens is 2. The SMILES string of the molecule is COc1ccc(Cl)c(Cl)c1C1CC2(CCN(CCO[Si](C)(C)C(C)(C)C)CC2)C1. The van der Waals surface area contributed by atoms with Crippen molar-refractivity contribution in [1.29, 1.82) is 0 Å². The Bertz CT molecular complexity index is 716. The Labute approximate surface area is 188 Å². The first-order valence-corrected chi connectivity index (χ1v) is 14.5. The third-order valence-electron chi connectivity index (χ3n) is 7.67. The molecule has 1 aliphatic carbocycles. The van der Waals surface area contributed by atoms with Crippen molar-refractivity contribution in [2.75, 3.05) is 33.4 Å². The van der Waals surface area contributed by atoms with E-state index in [1.807, 2.05) is 12.1 Å². The fraction of sp³-hybridized carbons (Fsp3) is 0.739. The first-order chi connectivity index (χ1) is 13.5. The zero-order valence-corrected chi connectivity index (χ0v) is 21.4. The number of rotatable bonds is 6. The van der Waals surface area contributed by atoms with E-state index >= 15 is 0 Å². The smallest absolute Gasteiger partial charge is 0.192 e. The van der Waals surface area contributed by atoms with E-state index in [9.17, 15) is 0 Å². The lowest BCUT2D eigenvalue weighted by Gasteiger charge is -2.53. The van der Waals surface area contributed by atoms with Crippen molar-refractivity contribution in [3.63, 3.8) is 0 Å². The fourth-order valence-electron chi connectivity index (χ4n) is 4.60. The molecule has 1 heterocycles. The minimum absolute atomic E-state index is 0.280. The molecule has 2 fully saturated rings. The van der Waals surface area contributed by atoms with Gasteiger partial charge >= 0.3 is 0 Å². The molecule has 0 radical (unpaired) electrons. The first kappa shape index (κ1) is 23.4. The van der Waals surface area contributed by atoms with Gasteiger partial charge in [0.15, 0.2) is 8.32 Å². The molecular weight excluding hydrogens is 421 g/mol. The zero-order valence-electron chi connectivity index (χ0n) is 18.9. The summed E-state index contributed by atoms with van der Waals surface area (Å²) in [6.45, 7) is 15.8. The van der Waals surface area contributed by atoms with Crippen molar-refractivity contribution >= 4 is 31.5 Å². The molecule has 3 rings (SSSR count). The molecule has 0 unspecified atom stereocenters. The zero-order chi connectivity index (χ0) is 21.4. The summed E-state index contributed by atoms with van der Waals surface area (Å²) in [5.41, 5.74) is 1.58. The number of ether oxygens (including phenoxy) is 1. The minimum Gasteiger partial charge on any atom is -0.496 e. The summed E-state index contributed by atoms with van der Waals surface area (Å²) in [5, 5.41) is 1.58. The molecule has 0 N–H and O–H groups in total. The van der Waals surface area contributed by atoms with E-state index in [2.05, 4.69) is 38.8 Å². The molecule has 3 nitrogen and oxygen atoms in total. The van der Waals surface area contributed by atoms with Gasteiger partial charge in [-0.2, -0.15) is 0 Å². The van der Waals surface area contributed by atoms with Gasteiger partial charge in [-0.15, -0.1) is 0 Å². The summed E-state index contributed by atoms with van der Waals surface area (Å²) in [4.78, 5) is 2.58. The van der Waals surface area contributed by atoms with E-state index < -0.39 is 8.32 Å². The highest BCUT2D eigenvalue weighted by molar-refractivity contribution is 6.74. The van der Waals surface area contributed by atoms with Crippen LogP contribution in [0.4, 0.5) is 0 Å². The van der Waals surface area contributed by atoms with Crippen LogP contribution in [0.5, 0.6) is 5.75 Å². The van der Waals surface area contributed by atoms with Crippen LogP contribution in [0, 0.1) is 5.41 Å². The molecule has 0 amide bonds. The molecule has 1 aromatic carbocycles. The highest BCUT2D eigenvalue weighted by Crippen LogP contribution is 2.59. The van der Waals surface area contributed by atoms with Gasteiger partial charge in [-0.25, -0.2) is 0 Å². The average Bonchev–Trinajstić information content (AvgIpc) is 2.62. The second kappa shape index (κ2) is 8.70. The molecule has 1 aliphatic heterocycles. The lowest BCUT2D eigenvalue weighted by molar-refractivity contribution is 0.0110. The molecular formula is C23H37Cl2NO2Si. The molecule has 0 aromatic heterocycles. The van der Waals surface area contributed by atoms with Crippen molar-refractivity contribution < 1.29 is 9.16 Å². The third kappa shape index (κ3) is 4.98. The van der Waals surface area contributed by atoms with Crippen LogP contribution >= 0.6 is 23.2 Å².